The van der Waals surface area contributed by atoms with Gasteiger partial charge < -0.3 is 60.0 Å². The number of amides is 1. The maximum atomic E-state index is 12.9. The van der Waals surface area contributed by atoms with Gasteiger partial charge in [-0.2, -0.15) is 0 Å². The van der Waals surface area contributed by atoms with E-state index >= 15 is 0 Å². The number of benzene rings is 1. The Kier molecular flexibility index (Phi) is 5.46. The lowest BCUT2D eigenvalue weighted by atomic mass is 9.79. The van der Waals surface area contributed by atoms with Crippen molar-refractivity contribution < 1.29 is 59.5 Å². The van der Waals surface area contributed by atoms with E-state index in [1.807, 2.05) is 0 Å². The van der Waals surface area contributed by atoms with E-state index in [1.165, 1.54) is 12.1 Å². The van der Waals surface area contributed by atoms with E-state index < -0.39 is 73.3 Å². The minimum atomic E-state index is -1.78. The number of phenolic OH excluding ortho intramolecular Hbond substituents is 1. The van der Waals surface area contributed by atoms with Gasteiger partial charge in [0.2, 0.25) is 12.5 Å². The molecule has 0 aromatic heterocycles. The summed E-state index contributed by atoms with van der Waals surface area (Å²) in [7, 11) is 0. The number of hydrogen-bond donors (Lipinski definition) is 8. The lowest BCUT2D eigenvalue weighted by Gasteiger charge is -2.46. The van der Waals surface area contributed by atoms with Crippen LogP contribution in [0, 0.1) is 0 Å². The summed E-state index contributed by atoms with van der Waals surface area (Å²) >= 11 is 0. The molecule has 33 heavy (non-hydrogen) atoms. The summed E-state index contributed by atoms with van der Waals surface area (Å²) in [6, 6.07) is 0.407. The van der Waals surface area contributed by atoms with E-state index in [0.717, 1.165) is 0 Å². The molecule has 13 heteroatoms. The zero-order chi connectivity index (χ0) is 23.6. The molecule has 1 aromatic rings. The van der Waals surface area contributed by atoms with Crippen molar-refractivity contribution in [3.63, 3.8) is 0 Å². The summed E-state index contributed by atoms with van der Waals surface area (Å²) < 4.78 is 21.4. The second-order valence-corrected chi connectivity index (χ2v) is 8.23. The average molecular weight is 469 g/mol. The number of rotatable bonds is 3. The molecule has 1 aliphatic carbocycles. The minimum absolute atomic E-state index is 0.00736. The predicted octanol–water partition coefficient (Wildman–Crippen LogP) is -3.46. The molecular formula is C20H23NO12. The molecule has 1 amide bonds. The van der Waals surface area contributed by atoms with Crippen molar-refractivity contribution in [2.45, 2.75) is 55.1 Å². The third-order valence-corrected chi connectivity index (χ3v) is 6.32. The van der Waals surface area contributed by atoms with E-state index in [0.29, 0.717) is 5.57 Å². The van der Waals surface area contributed by atoms with Crippen LogP contribution in [0.5, 0.6) is 17.2 Å². The summed E-state index contributed by atoms with van der Waals surface area (Å²) in [6.45, 7) is -0.851. The second-order valence-electron chi connectivity index (χ2n) is 8.23. The Morgan fingerprint density at radius 2 is 1.82 bits per heavy atom. The van der Waals surface area contributed by atoms with Crippen LogP contribution < -0.4 is 14.8 Å². The minimum Gasteiger partial charge on any atom is -0.504 e. The first-order valence-corrected chi connectivity index (χ1v) is 10.2. The molecule has 3 heterocycles. The first-order chi connectivity index (χ1) is 15.7. The highest BCUT2D eigenvalue weighted by Gasteiger charge is 2.51. The number of aliphatic hydroxyl groups excluding tert-OH is 6. The number of carbonyl (C=O) groups is 1. The third kappa shape index (κ3) is 3.36. The summed E-state index contributed by atoms with van der Waals surface area (Å²) in [6.07, 6.45) is -11.1. The number of ether oxygens (including phenoxy) is 4. The van der Waals surface area contributed by atoms with Crippen LogP contribution in [-0.4, -0.2) is 110 Å². The lowest BCUT2D eigenvalue weighted by Crippen LogP contribution is -2.64. The van der Waals surface area contributed by atoms with Crippen molar-refractivity contribution in [1.29, 1.82) is 0 Å². The fourth-order valence-electron chi connectivity index (χ4n) is 4.64. The maximum absolute atomic E-state index is 12.9. The van der Waals surface area contributed by atoms with Gasteiger partial charge in [-0.1, -0.05) is 0 Å². The standard InChI is InChI=1S/C20H23NO12/c22-3-9-17(14(26)15(27)20(29)32-9)33-18-11-6(1-7(23)12(18)24)5-2-8-16(31-4-30-8)13(25)10(5)19(28)21-11/h1-2,7,9,11-12,14-15,17-18,20,22-27,29H,3-4H2,(H,21,28)/t7-,9+,11+,12+,14+,15+,17+,18-,20+/m0/s1. The van der Waals surface area contributed by atoms with Crippen LogP contribution >= 0.6 is 0 Å². The first-order valence-electron chi connectivity index (χ1n) is 10.2. The van der Waals surface area contributed by atoms with Gasteiger partial charge in [0.25, 0.3) is 5.91 Å². The van der Waals surface area contributed by atoms with Crippen molar-refractivity contribution in [3.05, 3.63) is 23.3 Å². The van der Waals surface area contributed by atoms with Crippen molar-refractivity contribution in [1.82, 2.24) is 5.32 Å². The third-order valence-electron chi connectivity index (χ3n) is 6.32. The van der Waals surface area contributed by atoms with Gasteiger partial charge >= 0.3 is 0 Å². The van der Waals surface area contributed by atoms with Gasteiger partial charge in [0.15, 0.2) is 17.8 Å². The molecule has 5 rings (SSSR count). The van der Waals surface area contributed by atoms with Crippen molar-refractivity contribution in [2.24, 2.45) is 0 Å². The molecule has 180 valence electrons. The van der Waals surface area contributed by atoms with Gasteiger partial charge in [-0.05, 0) is 17.7 Å². The topological polar surface area (TPSA) is 208 Å². The maximum Gasteiger partial charge on any atom is 0.256 e. The van der Waals surface area contributed by atoms with Crippen LogP contribution in [0.3, 0.4) is 0 Å². The molecule has 8 N–H and O–H groups in total. The SMILES string of the molecule is O=C1N[C@@H]2C(=C[C@H](O)[C@@H](O)[C@H]2O[C@H]2[C@H](O)[C@@H](O)[C@H](O)O[C@@H]2CO)c2cc3c(c(O)c21)OCO3. The zero-order valence-corrected chi connectivity index (χ0v) is 16.9. The Morgan fingerprint density at radius 3 is 2.55 bits per heavy atom. The number of nitrogens with one attached hydrogen (secondary N) is 1. The first kappa shape index (κ1) is 22.3. The summed E-state index contributed by atoms with van der Waals surface area (Å²) in [5.41, 5.74) is 0.407. The van der Waals surface area contributed by atoms with E-state index in [9.17, 15) is 40.5 Å². The molecular weight excluding hydrogens is 446 g/mol. The van der Waals surface area contributed by atoms with E-state index in [2.05, 4.69) is 5.32 Å². The predicted molar refractivity (Wildman–Crippen MR) is 104 cm³/mol. The molecule has 13 nitrogen and oxygen atoms in total. The quantitative estimate of drug-likeness (QED) is 0.217. The molecule has 0 saturated carbocycles. The van der Waals surface area contributed by atoms with Crippen LogP contribution in [0.1, 0.15) is 15.9 Å². The Hall–Kier alpha value is -2.49. The fourth-order valence-corrected chi connectivity index (χ4v) is 4.64. The monoisotopic (exact) mass is 469 g/mol. The smallest absolute Gasteiger partial charge is 0.256 e. The highest BCUT2D eigenvalue weighted by Crippen LogP contribution is 2.49. The van der Waals surface area contributed by atoms with Gasteiger partial charge in [-0.3, -0.25) is 4.79 Å². The Labute approximate surface area is 186 Å². The normalized spacial score (nSPS) is 39.4. The molecule has 0 unspecified atom stereocenters. The van der Waals surface area contributed by atoms with Crippen molar-refractivity contribution in [3.8, 4) is 17.2 Å². The van der Waals surface area contributed by atoms with Crippen LogP contribution in [0.25, 0.3) is 5.57 Å². The molecule has 3 aliphatic heterocycles. The fraction of sp³-hybridized carbons (Fsp3) is 0.550. The van der Waals surface area contributed by atoms with E-state index in [4.69, 9.17) is 18.9 Å². The molecule has 0 bridgehead atoms. The zero-order valence-electron chi connectivity index (χ0n) is 16.9. The number of hydrogen-bond acceptors (Lipinski definition) is 12. The number of fused-ring (bicyclic) bond motifs is 4. The molecule has 4 aliphatic rings. The molecule has 1 fully saturated rings. The Morgan fingerprint density at radius 1 is 1.06 bits per heavy atom. The highest BCUT2D eigenvalue weighted by molar-refractivity contribution is 6.07. The van der Waals surface area contributed by atoms with Gasteiger partial charge in [0.05, 0.1) is 18.2 Å². The highest BCUT2D eigenvalue weighted by atomic mass is 16.7. The lowest BCUT2D eigenvalue weighted by molar-refractivity contribution is -0.305. The average Bonchev–Trinajstić information content (AvgIpc) is 3.26. The number of phenols is 1. The second kappa shape index (κ2) is 8.07. The summed E-state index contributed by atoms with van der Waals surface area (Å²) in [5, 5.41) is 74.0. The Balaban J connectivity index is 1.53. The van der Waals surface area contributed by atoms with Gasteiger partial charge in [-0.25, -0.2) is 0 Å². The molecule has 0 spiro atoms. The molecule has 1 saturated heterocycles. The number of carbonyl (C=O) groups excluding carboxylic acids is 1. The molecule has 9 atom stereocenters. The van der Waals surface area contributed by atoms with E-state index in [1.54, 1.807) is 0 Å². The number of aromatic hydroxyl groups is 1. The van der Waals surface area contributed by atoms with Crippen molar-refractivity contribution in [2.75, 3.05) is 13.4 Å². The van der Waals surface area contributed by atoms with E-state index in [-0.39, 0.29) is 29.4 Å². The van der Waals surface area contributed by atoms with Gasteiger partial charge in [0.1, 0.15) is 42.7 Å². The molecule has 1 aromatic carbocycles. The van der Waals surface area contributed by atoms with Crippen LogP contribution in [0.15, 0.2) is 12.1 Å². The largest absolute Gasteiger partial charge is 0.504 e. The summed E-state index contributed by atoms with van der Waals surface area (Å²) in [5.74, 6) is -0.960. The van der Waals surface area contributed by atoms with Crippen molar-refractivity contribution >= 4 is 11.5 Å². The Bertz CT molecular complexity index is 996. The molecule has 0 radical (unpaired) electrons. The van der Waals surface area contributed by atoms with Crippen LogP contribution in [0.2, 0.25) is 0 Å². The summed E-state index contributed by atoms with van der Waals surface area (Å²) in [4.78, 5) is 12.9. The van der Waals surface area contributed by atoms with Crippen LogP contribution in [-0.2, 0) is 9.47 Å². The van der Waals surface area contributed by atoms with Gasteiger partial charge in [-0.15, -0.1) is 0 Å². The number of aliphatic hydroxyl groups is 6. The van der Waals surface area contributed by atoms with Crippen LogP contribution in [0.4, 0.5) is 0 Å². The van der Waals surface area contributed by atoms with Gasteiger partial charge in [0, 0.05) is 5.56 Å².